The van der Waals surface area contributed by atoms with Crippen molar-refractivity contribution in [2.45, 2.75) is 6.04 Å². The number of nitrogens with one attached hydrogen (secondary N) is 2. The summed E-state index contributed by atoms with van der Waals surface area (Å²) >= 11 is 0. The highest BCUT2D eigenvalue weighted by atomic mass is 32.2. The summed E-state index contributed by atoms with van der Waals surface area (Å²) in [5.74, 6) is 0.830. The van der Waals surface area contributed by atoms with Gasteiger partial charge in [0.1, 0.15) is 12.4 Å². The van der Waals surface area contributed by atoms with Gasteiger partial charge >= 0.3 is 0 Å². The van der Waals surface area contributed by atoms with Gasteiger partial charge in [0.15, 0.2) is 0 Å². The Bertz CT molecular complexity index is 487. The highest BCUT2D eigenvalue weighted by Gasteiger charge is 2.27. The molecule has 1 aliphatic rings. The number of sulfonamides is 1. The Labute approximate surface area is 101 Å². The van der Waals surface area contributed by atoms with Crippen molar-refractivity contribution in [3.63, 3.8) is 0 Å². The predicted octanol–water partition coefficient (Wildman–Crippen LogP) is 0.259. The number of hydrogen-bond donors (Lipinski definition) is 2. The first-order valence-electron chi connectivity index (χ1n) is 5.49. The van der Waals surface area contributed by atoms with Crippen LogP contribution in [0.3, 0.4) is 0 Å². The second-order valence-corrected chi connectivity index (χ2v) is 5.82. The zero-order valence-corrected chi connectivity index (χ0v) is 10.5. The van der Waals surface area contributed by atoms with E-state index >= 15 is 0 Å². The Morgan fingerprint density at radius 3 is 2.94 bits per heavy atom. The van der Waals surface area contributed by atoms with E-state index < -0.39 is 10.0 Å². The van der Waals surface area contributed by atoms with Crippen LogP contribution in [0.5, 0.6) is 5.75 Å². The van der Waals surface area contributed by atoms with Crippen LogP contribution in [0, 0.1) is 0 Å². The van der Waals surface area contributed by atoms with E-state index in [0.717, 1.165) is 11.3 Å². The second kappa shape index (κ2) is 5.03. The summed E-state index contributed by atoms with van der Waals surface area (Å²) in [6, 6.07) is 7.21. The number of fused-ring (bicyclic) bond motifs is 1. The Morgan fingerprint density at radius 1 is 1.41 bits per heavy atom. The maximum atomic E-state index is 11.7. The predicted molar refractivity (Wildman–Crippen MR) is 65.5 cm³/mol. The van der Waals surface area contributed by atoms with Gasteiger partial charge in [0.25, 0.3) is 0 Å². The molecular formula is C11H16N2O3S. The molecule has 5 nitrogen and oxygen atoms in total. The van der Waals surface area contributed by atoms with Gasteiger partial charge in [0.2, 0.25) is 10.0 Å². The first kappa shape index (κ1) is 12.3. The van der Waals surface area contributed by atoms with Gasteiger partial charge in [-0.15, -0.1) is 0 Å². The molecule has 0 bridgehead atoms. The van der Waals surface area contributed by atoms with E-state index in [9.17, 15) is 8.42 Å². The molecule has 0 fully saturated rings. The molecule has 0 saturated heterocycles. The van der Waals surface area contributed by atoms with Gasteiger partial charge in [-0.05, 0) is 13.1 Å². The minimum Gasteiger partial charge on any atom is -0.491 e. The molecule has 94 valence electrons. The summed E-state index contributed by atoms with van der Waals surface area (Å²) in [5, 5.41) is 2.82. The van der Waals surface area contributed by atoms with Crippen molar-refractivity contribution < 1.29 is 13.2 Å². The van der Waals surface area contributed by atoms with Crippen LogP contribution in [0.4, 0.5) is 0 Å². The number of benzene rings is 1. The maximum absolute atomic E-state index is 11.7. The topological polar surface area (TPSA) is 67.4 Å². The first-order valence-corrected chi connectivity index (χ1v) is 7.14. The van der Waals surface area contributed by atoms with Crippen LogP contribution in [0.1, 0.15) is 11.6 Å². The average Bonchev–Trinajstić information content (AvgIpc) is 2.70. The van der Waals surface area contributed by atoms with E-state index in [1.807, 2.05) is 24.3 Å². The molecule has 0 radical (unpaired) electrons. The summed E-state index contributed by atoms with van der Waals surface area (Å²) in [6.45, 7) is 0.794. The normalized spacial score (nSPS) is 18.8. The van der Waals surface area contributed by atoms with Crippen LogP contribution >= 0.6 is 0 Å². The van der Waals surface area contributed by atoms with Gasteiger partial charge in [-0.3, -0.25) is 0 Å². The molecule has 1 heterocycles. The van der Waals surface area contributed by atoms with Crippen LogP contribution in [-0.2, 0) is 10.0 Å². The molecule has 0 amide bonds. The Morgan fingerprint density at radius 2 is 2.18 bits per heavy atom. The lowest BCUT2D eigenvalue weighted by Crippen LogP contribution is -2.34. The molecule has 6 heteroatoms. The van der Waals surface area contributed by atoms with Gasteiger partial charge in [-0.25, -0.2) is 13.1 Å². The molecule has 2 rings (SSSR count). The highest BCUT2D eigenvalue weighted by molar-refractivity contribution is 7.89. The monoisotopic (exact) mass is 256 g/mol. The fourth-order valence-corrected chi connectivity index (χ4v) is 2.99. The standard InChI is InChI=1S/C11H16N2O3S/c1-12-6-7-17(14,15)13-10-8-16-11-5-3-2-4-9(10)11/h2-5,10,12-13H,6-8H2,1H3. The first-order chi connectivity index (χ1) is 8.12. The molecule has 0 spiro atoms. The van der Waals surface area contributed by atoms with E-state index in [2.05, 4.69) is 10.0 Å². The van der Waals surface area contributed by atoms with Gasteiger partial charge in [0.05, 0.1) is 11.8 Å². The van der Waals surface area contributed by atoms with Gasteiger partial charge in [-0.1, -0.05) is 18.2 Å². The molecule has 0 aromatic heterocycles. The molecule has 1 unspecified atom stereocenters. The number of para-hydroxylation sites is 1. The number of hydrogen-bond acceptors (Lipinski definition) is 4. The quantitative estimate of drug-likeness (QED) is 0.793. The Balaban J connectivity index is 2.07. The number of ether oxygens (including phenoxy) is 1. The van der Waals surface area contributed by atoms with Crippen molar-refractivity contribution in [1.29, 1.82) is 0 Å². The largest absolute Gasteiger partial charge is 0.491 e. The van der Waals surface area contributed by atoms with E-state index in [1.54, 1.807) is 7.05 Å². The second-order valence-electron chi connectivity index (χ2n) is 3.94. The summed E-state index contributed by atoms with van der Waals surface area (Å²) in [5.41, 5.74) is 0.903. The van der Waals surface area contributed by atoms with Crippen LogP contribution < -0.4 is 14.8 Å². The molecule has 1 aromatic rings. The summed E-state index contributed by atoms with van der Waals surface area (Å²) in [6.07, 6.45) is 0. The minimum absolute atomic E-state index is 0.0716. The number of rotatable bonds is 5. The lowest BCUT2D eigenvalue weighted by atomic mass is 10.1. The third-order valence-corrected chi connectivity index (χ3v) is 4.03. The van der Waals surface area contributed by atoms with Gasteiger partial charge < -0.3 is 10.1 Å². The minimum atomic E-state index is -3.26. The zero-order valence-electron chi connectivity index (χ0n) is 9.64. The van der Waals surface area contributed by atoms with Crippen molar-refractivity contribution in [2.24, 2.45) is 0 Å². The van der Waals surface area contributed by atoms with Crippen LogP contribution in [0.25, 0.3) is 0 Å². The summed E-state index contributed by atoms with van der Waals surface area (Å²) in [4.78, 5) is 0. The smallest absolute Gasteiger partial charge is 0.213 e. The molecule has 1 atom stereocenters. The van der Waals surface area contributed by atoms with Gasteiger partial charge in [0, 0.05) is 12.1 Å². The highest BCUT2D eigenvalue weighted by Crippen LogP contribution is 2.31. The van der Waals surface area contributed by atoms with Crippen molar-refractivity contribution in [1.82, 2.24) is 10.0 Å². The molecule has 1 aromatic carbocycles. The Kier molecular flexibility index (Phi) is 3.66. The summed E-state index contributed by atoms with van der Waals surface area (Å²) in [7, 11) is -1.54. The van der Waals surface area contributed by atoms with Crippen LogP contribution in [-0.4, -0.2) is 34.4 Å². The van der Waals surface area contributed by atoms with E-state index in [4.69, 9.17) is 4.74 Å². The molecule has 2 N–H and O–H groups in total. The molecular weight excluding hydrogens is 240 g/mol. The maximum Gasteiger partial charge on any atom is 0.213 e. The van der Waals surface area contributed by atoms with Crippen LogP contribution in [0.2, 0.25) is 0 Å². The molecule has 0 aliphatic carbocycles. The van der Waals surface area contributed by atoms with E-state index in [0.29, 0.717) is 13.2 Å². The average molecular weight is 256 g/mol. The summed E-state index contributed by atoms with van der Waals surface area (Å²) < 4.78 is 31.6. The third-order valence-electron chi connectivity index (χ3n) is 2.64. The molecule has 1 aliphatic heterocycles. The van der Waals surface area contributed by atoms with Crippen molar-refractivity contribution in [3.8, 4) is 5.75 Å². The lowest BCUT2D eigenvalue weighted by molar-refractivity contribution is 0.325. The van der Waals surface area contributed by atoms with E-state index in [-0.39, 0.29) is 11.8 Å². The Hall–Kier alpha value is -1.11. The lowest BCUT2D eigenvalue weighted by Gasteiger charge is -2.11. The third kappa shape index (κ3) is 2.96. The molecule has 17 heavy (non-hydrogen) atoms. The van der Waals surface area contributed by atoms with Crippen molar-refractivity contribution >= 4 is 10.0 Å². The fourth-order valence-electron chi connectivity index (χ4n) is 1.77. The van der Waals surface area contributed by atoms with Gasteiger partial charge in [-0.2, -0.15) is 0 Å². The molecule has 0 saturated carbocycles. The SMILES string of the molecule is CNCCS(=O)(=O)NC1COc2ccccc21. The zero-order chi connectivity index (χ0) is 12.3. The van der Waals surface area contributed by atoms with Crippen molar-refractivity contribution in [2.75, 3.05) is 26.0 Å². The van der Waals surface area contributed by atoms with Crippen LogP contribution in [0.15, 0.2) is 24.3 Å². The fraction of sp³-hybridized carbons (Fsp3) is 0.455. The van der Waals surface area contributed by atoms with E-state index in [1.165, 1.54) is 0 Å². The van der Waals surface area contributed by atoms with Crippen molar-refractivity contribution in [3.05, 3.63) is 29.8 Å².